The van der Waals surface area contributed by atoms with Crippen LogP contribution in [-0.2, 0) is 11.8 Å². The van der Waals surface area contributed by atoms with Crippen molar-refractivity contribution in [1.82, 2.24) is 0 Å². The zero-order valence-corrected chi connectivity index (χ0v) is 10.1. The van der Waals surface area contributed by atoms with Gasteiger partial charge < -0.3 is 28.7 Å². The first-order valence-corrected chi connectivity index (χ1v) is 4.37. The van der Waals surface area contributed by atoms with Crippen LogP contribution in [0.2, 0.25) is 0 Å². The van der Waals surface area contributed by atoms with Crippen molar-refractivity contribution in [2.45, 2.75) is 12.8 Å². The van der Waals surface area contributed by atoms with Crippen molar-refractivity contribution in [3.05, 3.63) is 30.6 Å². The van der Waals surface area contributed by atoms with E-state index in [4.69, 9.17) is 4.74 Å². The molecule has 0 atom stereocenters. The number of aryl methyl sites for hydroxylation is 1. The third-order valence-corrected chi connectivity index (χ3v) is 1.69. The number of pyridine rings is 1. The molecule has 1 aromatic rings. The molecule has 0 amide bonds. The molecular weight excluding hydrogens is 301 g/mol. The van der Waals surface area contributed by atoms with Crippen LogP contribution in [0, 0.1) is 0 Å². The Morgan fingerprint density at radius 3 is 1.71 bits per heavy atom. The molecule has 1 aliphatic rings. The van der Waals surface area contributed by atoms with Gasteiger partial charge in [-0.15, -0.1) is 0 Å². The summed E-state index contributed by atoms with van der Waals surface area (Å²) in [6.07, 6.45) is 6.56. The van der Waals surface area contributed by atoms with E-state index in [0.717, 1.165) is 13.2 Å². The number of aromatic nitrogens is 1. The molecule has 0 radical (unpaired) electrons. The molecule has 78 valence electrons. The minimum atomic E-state index is 0. The first kappa shape index (κ1) is 17.0. The summed E-state index contributed by atoms with van der Waals surface area (Å²) in [7, 11) is 2.00. The van der Waals surface area contributed by atoms with Crippen molar-refractivity contribution in [2.24, 2.45) is 7.05 Å². The van der Waals surface area contributed by atoms with Gasteiger partial charge in [0, 0.05) is 25.3 Å². The molecule has 1 aliphatic heterocycles. The standard InChI is InChI=1S/C6H8N.C4H8O.HI.Mg.2H/c1-7-5-3-2-4-6-7;1-2-4-5-3-1;;;;/h2-6H,1H3;1-4H2;1H;;;/q+1;;;;;/p-1. The Balaban J connectivity index is 0. The molecule has 2 nitrogen and oxygen atoms in total. The molecule has 4 heteroatoms. The molecule has 1 aromatic heterocycles. The van der Waals surface area contributed by atoms with Gasteiger partial charge in [0.1, 0.15) is 7.05 Å². The van der Waals surface area contributed by atoms with Gasteiger partial charge in [-0.05, 0) is 12.8 Å². The van der Waals surface area contributed by atoms with Gasteiger partial charge in [0.25, 0.3) is 0 Å². The molecule has 0 N–H and O–H groups in total. The van der Waals surface area contributed by atoms with Crippen LogP contribution < -0.4 is 28.5 Å². The minimum Gasteiger partial charge on any atom is -1.00 e. The molecule has 1 saturated heterocycles. The maximum absolute atomic E-state index is 4.94. The highest BCUT2D eigenvalue weighted by atomic mass is 127. The lowest BCUT2D eigenvalue weighted by Gasteiger charge is -1.77. The topological polar surface area (TPSA) is 13.1 Å². The van der Waals surface area contributed by atoms with E-state index in [1.807, 2.05) is 42.2 Å². The summed E-state index contributed by atoms with van der Waals surface area (Å²) in [6.45, 7) is 2.00. The molecule has 2 rings (SSSR count). The van der Waals surface area contributed by atoms with E-state index in [2.05, 4.69) is 0 Å². The van der Waals surface area contributed by atoms with Crippen LogP contribution in [0.25, 0.3) is 0 Å². The fourth-order valence-corrected chi connectivity index (χ4v) is 0.995. The second kappa shape index (κ2) is 11.7. The van der Waals surface area contributed by atoms with Crippen LogP contribution in [0.4, 0.5) is 0 Å². The van der Waals surface area contributed by atoms with Crippen LogP contribution in [0.5, 0.6) is 0 Å². The summed E-state index contributed by atoms with van der Waals surface area (Å²) in [6, 6.07) is 6.00. The van der Waals surface area contributed by atoms with Crippen molar-refractivity contribution in [3.8, 4) is 0 Å². The van der Waals surface area contributed by atoms with Gasteiger partial charge in [-0.25, -0.2) is 4.57 Å². The normalized spacial score (nSPS) is 12.9. The Kier molecular flexibility index (Phi) is 14.2. The zero-order chi connectivity index (χ0) is 8.65. The van der Waals surface area contributed by atoms with Gasteiger partial charge in [0.2, 0.25) is 0 Å². The van der Waals surface area contributed by atoms with Gasteiger partial charge in [-0.3, -0.25) is 0 Å². The highest BCUT2D eigenvalue weighted by Gasteiger charge is 1.94. The number of ether oxygens (including phenoxy) is 1. The summed E-state index contributed by atoms with van der Waals surface area (Å²) in [4.78, 5) is 0. The van der Waals surface area contributed by atoms with E-state index in [9.17, 15) is 0 Å². The average molecular weight is 319 g/mol. The maximum Gasteiger partial charge on any atom is 0.316 e. The third kappa shape index (κ3) is 9.17. The van der Waals surface area contributed by atoms with Crippen molar-refractivity contribution < 1.29 is 33.3 Å². The Labute approximate surface area is 119 Å². The molecule has 0 aromatic carbocycles. The highest BCUT2D eigenvalue weighted by Crippen LogP contribution is 1.98. The summed E-state index contributed by atoms with van der Waals surface area (Å²) in [5, 5.41) is 0. The largest absolute Gasteiger partial charge is 1.00 e. The Hall–Kier alpha value is 0.606. The lowest BCUT2D eigenvalue weighted by Crippen LogP contribution is -3.00. The van der Waals surface area contributed by atoms with E-state index in [-0.39, 0.29) is 47.0 Å². The van der Waals surface area contributed by atoms with Crippen LogP contribution in [0.3, 0.4) is 0 Å². The number of nitrogens with zero attached hydrogens (tertiary/aromatic N) is 1. The smallest absolute Gasteiger partial charge is 0.316 e. The van der Waals surface area contributed by atoms with E-state index < -0.39 is 0 Å². The average Bonchev–Trinajstić information content (AvgIpc) is 2.62. The summed E-state index contributed by atoms with van der Waals surface area (Å²) in [5.41, 5.74) is 0. The second-order valence-corrected chi connectivity index (χ2v) is 2.86. The fourth-order valence-electron chi connectivity index (χ4n) is 0.995. The van der Waals surface area contributed by atoms with Gasteiger partial charge in [-0.1, -0.05) is 6.07 Å². The molecule has 0 unspecified atom stereocenters. The number of halogens is 1. The van der Waals surface area contributed by atoms with Gasteiger partial charge >= 0.3 is 23.1 Å². The van der Waals surface area contributed by atoms with E-state index in [0.29, 0.717) is 0 Å². The molecule has 0 saturated carbocycles. The van der Waals surface area contributed by atoms with Crippen molar-refractivity contribution in [2.75, 3.05) is 13.2 Å². The van der Waals surface area contributed by atoms with Gasteiger partial charge in [-0.2, -0.15) is 0 Å². The molecule has 0 aliphatic carbocycles. The molecular formula is C10H18IMgNO. The van der Waals surface area contributed by atoms with E-state index in [1.54, 1.807) is 0 Å². The minimum absolute atomic E-state index is 0. The lowest BCUT2D eigenvalue weighted by molar-refractivity contribution is -0.671. The van der Waals surface area contributed by atoms with Gasteiger partial charge in [0.05, 0.1) is 0 Å². The van der Waals surface area contributed by atoms with E-state index >= 15 is 0 Å². The van der Waals surface area contributed by atoms with Crippen LogP contribution in [0.15, 0.2) is 30.6 Å². The fraction of sp³-hybridized carbons (Fsp3) is 0.500. The maximum atomic E-state index is 4.94. The van der Waals surface area contributed by atoms with Crippen molar-refractivity contribution in [3.63, 3.8) is 0 Å². The van der Waals surface area contributed by atoms with Gasteiger partial charge in [0.15, 0.2) is 12.4 Å². The third-order valence-electron chi connectivity index (χ3n) is 1.69. The Bertz CT molecular complexity index is 197. The predicted molar refractivity (Wildman–Crippen MR) is 56.2 cm³/mol. The number of hydrogen-bond acceptors (Lipinski definition) is 1. The predicted octanol–water partition coefficient (Wildman–Crippen LogP) is -2.60. The highest BCUT2D eigenvalue weighted by molar-refractivity contribution is 5.75. The molecule has 1 fully saturated rings. The summed E-state index contributed by atoms with van der Waals surface area (Å²) >= 11 is 0. The Morgan fingerprint density at radius 1 is 1.00 bits per heavy atom. The Morgan fingerprint density at radius 2 is 1.50 bits per heavy atom. The zero-order valence-electron chi connectivity index (χ0n) is 7.95. The van der Waals surface area contributed by atoms with Crippen molar-refractivity contribution in [1.29, 1.82) is 0 Å². The molecule has 0 spiro atoms. The monoisotopic (exact) mass is 319 g/mol. The second-order valence-electron chi connectivity index (χ2n) is 2.86. The van der Waals surface area contributed by atoms with Crippen LogP contribution >= 0.6 is 0 Å². The summed E-state index contributed by atoms with van der Waals surface area (Å²) in [5.74, 6) is 0. The SMILES string of the molecule is C1CCOC1.C[n+]1ccccc1.[I-].[MgH2]. The quantitative estimate of drug-likeness (QED) is 0.290. The molecule has 2 heterocycles. The van der Waals surface area contributed by atoms with Crippen LogP contribution in [-0.4, -0.2) is 36.3 Å². The van der Waals surface area contributed by atoms with Crippen molar-refractivity contribution >= 4 is 23.1 Å². The molecule has 0 bridgehead atoms. The molecule has 14 heavy (non-hydrogen) atoms. The van der Waals surface area contributed by atoms with E-state index in [1.165, 1.54) is 12.8 Å². The number of rotatable bonds is 0. The first-order chi connectivity index (χ1) is 5.89. The first-order valence-electron chi connectivity index (χ1n) is 4.37. The summed E-state index contributed by atoms with van der Waals surface area (Å²) < 4.78 is 6.94. The lowest BCUT2D eigenvalue weighted by atomic mass is 10.4. The number of hydrogen-bond donors (Lipinski definition) is 0. The van der Waals surface area contributed by atoms with Crippen LogP contribution in [0.1, 0.15) is 12.8 Å².